The quantitative estimate of drug-likeness (QED) is 0.904. The molecule has 0 spiro atoms. The zero-order chi connectivity index (χ0) is 12.5. The molecule has 1 unspecified atom stereocenters. The van der Waals surface area contributed by atoms with Crippen LogP contribution in [-0.2, 0) is 6.42 Å². The lowest BCUT2D eigenvalue weighted by Gasteiger charge is -2.15. The molecule has 2 nitrogen and oxygen atoms in total. The van der Waals surface area contributed by atoms with Crippen molar-refractivity contribution < 1.29 is 4.39 Å². The van der Waals surface area contributed by atoms with Crippen LogP contribution in [0, 0.1) is 5.82 Å². The normalized spacial score (nSPS) is 17.6. The smallest absolute Gasteiger partial charge is 0.124 e. The second kappa shape index (κ2) is 4.69. The first-order valence-corrected chi connectivity index (χ1v) is 6.69. The van der Waals surface area contributed by atoms with Crippen molar-refractivity contribution in [3.63, 3.8) is 0 Å². The van der Waals surface area contributed by atoms with Crippen LogP contribution >= 0.6 is 15.9 Å². The third-order valence-corrected chi connectivity index (χ3v) is 3.88. The topological polar surface area (TPSA) is 24.9 Å². The van der Waals surface area contributed by atoms with Crippen molar-refractivity contribution in [2.75, 3.05) is 5.32 Å². The maximum atomic E-state index is 13.0. The Hall–Kier alpha value is -1.42. The van der Waals surface area contributed by atoms with Crippen LogP contribution in [0.2, 0.25) is 0 Å². The first kappa shape index (κ1) is 11.7. The Bertz CT molecular complexity index is 586. The van der Waals surface area contributed by atoms with Crippen LogP contribution in [-0.4, -0.2) is 4.98 Å². The highest BCUT2D eigenvalue weighted by Crippen LogP contribution is 2.34. The van der Waals surface area contributed by atoms with Gasteiger partial charge >= 0.3 is 0 Å². The number of fused-ring (bicyclic) bond motifs is 1. The van der Waals surface area contributed by atoms with Gasteiger partial charge in [-0.05, 0) is 58.6 Å². The summed E-state index contributed by atoms with van der Waals surface area (Å²) in [4.78, 5) is 4.43. The van der Waals surface area contributed by atoms with E-state index in [2.05, 4.69) is 32.3 Å². The van der Waals surface area contributed by atoms with Crippen molar-refractivity contribution in [1.82, 2.24) is 4.98 Å². The van der Waals surface area contributed by atoms with Gasteiger partial charge in [-0.1, -0.05) is 6.07 Å². The average Bonchev–Trinajstić information content (AvgIpc) is 2.76. The Morgan fingerprint density at radius 3 is 3.06 bits per heavy atom. The van der Waals surface area contributed by atoms with Crippen molar-refractivity contribution in [3.05, 3.63) is 58.1 Å². The number of aromatic nitrogens is 1. The monoisotopic (exact) mass is 306 g/mol. The molecule has 0 amide bonds. The molecule has 1 atom stereocenters. The summed E-state index contributed by atoms with van der Waals surface area (Å²) >= 11 is 3.37. The molecule has 4 heteroatoms. The van der Waals surface area contributed by atoms with Crippen molar-refractivity contribution in [2.45, 2.75) is 18.9 Å². The van der Waals surface area contributed by atoms with Gasteiger partial charge in [0.2, 0.25) is 0 Å². The largest absolute Gasteiger partial charge is 0.376 e. The first-order chi connectivity index (χ1) is 8.74. The van der Waals surface area contributed by atoms with Gasteiger partial charge in [0.25, 0.3) is 0 Å². The number of anilines is 1. The highest BCUT2D eigenvalue weighted by atomic mass is 79.9. The van der Waals surface area contributed by atoms with Gasteiger partial charge in [-0.25, -0.2) is 4.39 Å². The van der Waals surface area contributed by atoms with Gasteiger partial charge in [-0.3, -0.25) is 4.98 Å². The van der Waals surface area contributed by atoms with E-state index in [1.165, 1.54) is 17.7 Å². The van der Waals surface area contributed by atoms with E-state index in [1.54, 1.807) is 6.07 Å². The number of pyridine rings is 1. The van der Waals surface area contributed by atoms with Crippen LogP contribution in [0.5, 0.6) is 0 Å². The molecular formula is C14H12BrFN2. The minimum Gasteiger partial charge on any atom is -0.376 e. The average molecular weight is 307 g/mol. The van der Waals surface area contributed by atoms with Gasteiger partial charge in [-0.15, -0.1) is 0 Å². The molecule has 0 fully saturated rings. The molecule has 0 aliphatic heterocycles. The lowest BCUT2D eigenvalue weighted by molar-refractivity contribution is 0.627. The fourth-order valence-corrected chi connectivity index (χ4v) is 2.81. The molecule has 1 aromatic carbocycles. The van der Waals surface area contributed by atoms with E-state index in [9.17, 15) is 4.39 Å². The summed E-state index contributed by atoms with van der Waals surface area (Å²) in [7, 11) is 0. The molecule has 0 saturated carbocycles. The Morgan fingerprint density at radius 1 is 1.33 bits per heavy atom. The van der Waals surface area contributed by atoms with Gasteiger partial charge < -0.3 is 5.32 Å². The Kier molecular flexibility index (Phi) is 3.04. The lowest BCUT2D eigenvalue weighted by Crippen LogP contribution is -2.09. The van der Waals surface area contributed by atoms with E-state index in [1.807, 2.05) is 12.3 Å². The third-order valence-electron chi connectivity index (χ3n) is 3.22. The summed E-state index contributed by atoms with van der Waals surface area (Å²) in [6.45, 7) is 0. The Labute approximate surface area is 113 Å². The van der Waals surface area contributed by atoms with Gasteiger partial charge in [0, 0.05) is 16.4 Å². The lowest BCUT2D eigenvalue weighted by atomic mass is 10.2. The summed E-state index contributed by atoms with van der Waals surface area (Å²) < 4.78 is 13.8. The maximum Gasteiger partial charge on any atom is 0.124 e. The number of hydrogen-bond acceptors (Lipinski definition) is 2. The zero-order valence-electron chi connectivity index (χ0n) is 9.66. The first-order valence-electron chi connectivity index (χ1n) is 5.89. The highest BCUT2D eigenvalue weighted by molar-refractivity contribution is 9.10. The summed E-state index contributed by atoms with van der Waals surface area (Å²) in [5, 5.41) is 3.42. The minimum atomic E-state index is -0.239. The van der Waals surface area contributed by atoms with E-state index in [0.717, 1.165) is 28.7 Å². The van der Waals surface area contributed by atoms with E-state index in [0.29, 0.717) is 0 Å². The second-order valence-electron chi connectivity index (χ2n) is 4.41. The standard InChI is InChI=1S/C14H12BrFN2/c15-11-8-10(16)4-6-12(11)18-13-5-3-9-2-1-7-17-14(9)13/h1-2,4,6-8,13,18H,3,5H2. The fourth-order valence-electron chi connectivity index (χ4n) is 2.35. The van der Waals surface area contributed by atoms with Crippen molar-refractivity contribution in [1.29, 1.82) is 0 Å². The summed E-state index contributed by atoms with van der Waals surface area (Å²) in [5.41, 5.74) is 3.31. The van der Waals surface area contributed by atoms with Crippen LogP contribution < -0.4 is 5.32 Å². The number of nitrogens with zero attached hydrogens (tertiary/aromatic N) is 1. The SMILES string of the molecule is Fc1ccc(NC2CCc3cccnc32)c(Br)c1. The van der Waals surface area contributed by atoms with Crippen LogP contribution in [0.25, 0.3) is 0 Å². The molecule has 1 heterocycles. The second-order valence-corrected chi connectivity index (χ2v) is 5.26. The number of halogens is 2. The van der Waals surface area contributed by atoms with E-state index >= 15 is 0 Å². The molecule has 3 rings (SSSR count). The molecule has 18 heavy (non-hydrogen) atoms. The van der Waals surface area contributed by atoms with Gasteiger partial charge in [0.1, 0.15) is 5.82 Å². The van der Waals surface area contributed by atoms with Crippen LogP contribution in [0.3, 0.4) is 0 Å². The molecule has 1 aliphatic rings. The number of aryl methyl sites for hydroxylation is 1. The minimum absolute atomic E-state index is 0.211. The predicted molar refractivity (Wildman–Crippen MR) is 73.0 cm³/mol. The molecule has 0 saturated heterocycles. The molecular weight excluding hydrogens is 295 g/mol. The van der Waals surface area contributed by atoms with Gasteiger partial charge in [0.15, 0.2) is 0 Å². The van der Waals surface area contributed by atoms with Crippen molar-refractivity contribution in [2.24, 2.45) is 0 Å². The third kappa shape index (κ3) is 2.12. The van der Waals surface area contributed by atoms with Crippen LogP contribution in [0.15, 0.2) is 41.0 Å². The summed E-state index contributed by atoms with van der Waals surface area (Å²) in [5.74, 6) is -0.239. The molecule has 1 aromatic heterocycles. The molecule has 1 aliphatic carbocycles. The predicted octanol–water partition coefficient (Wildman–Crippen LogP) is 4.08. The maximum absolute atomic E-state index is 13.0. The number of benzene rings is 1. The summed E-state index contributed by atoms with van der Waals surface area (Å²) in [6.07, 6.45) is 3.88. The van der Waals surface area contributed by atoms with E-state index < -0.39 is 0 Å². The van der Waals surface area contributed by atoms with Gasteiger partial charge in [-0.2, -0.15) is 0 Å². The zero-order valence-corrected chi connectivity index (χ0v) is 11.2. The van der Waals surface area contributed by atoms with Crippen molar-refractivity contribution >= 4 is 21.6 Å². The van der Waals surface area contributed by atoms with Crippen LogP contribution in [0.4, 0.5) is 10.1 Å². The number of hydrogen-bond donors (Lipinski definition) is 1. The van der Waals surface area contributed by atoms with Crippen LogP contribution in [0.1, 0.15) is 23.7 Å². The Balaban J connectivity index is 1.86. The van der Waals surface area contributed by atoms with Crippen molar-refractivity contribution in [3.8, 4) is 0 Å². The molecule has 92 valence electrons. The molecule has 1 N–H and O–H groups in total. The van der Waals surface area contributed by atoms with Gasteiger partial charge in [0.05, 0.1) is 11.7 Å². The molecule has 0 radical (unpaired) electrons. The fraction of sp³-hybridized carbons (Fsp3) is 0.214. The van der Waals surface area contributed by atoms with E-state index in [-0.39, 0.29) is 11.9 Å². The molecule has 0 bridgehead atoms. The highest BCUT2D eigenvalue weighted by Gasteiger charge is 2.23. The Morgan fingerprint density at radius 2 is 2.22 bits per heavy atom. The molecule has 2 aromatic rings. The number of rotatable bonds is 2. The summed E-state index contributed by atoms with van der Waals surface area (Å²) in [6, 6.07) is 8.97. The van der Waals surface area contributed by atoms with E-state index in [4.69, 9.17) is 0 Å². The number of nitrogens with one attached hydrogen (secondary N) is 1.